The van der Waals surface area contributed by atoms with Gasteiger partial charge in [0.05, 0.1) is 5.92 Å². The molecule has 1 amide bonds. The van der Waals surface area contributed by atoms with Crippen LogP contribution in [0.25, 0.3) is 0 Å². The Bertz CT molecular complexity index is 697. The summed E-state index contributed by atoms with van der Waals surface area (Å²) in [7, 11) is 0. The van der Waals surface area contributed by atoms with Gasteiger partial charge in [-0.3, -0.25) is 4.79 Å². The highest BCUT2D eigenvalue weighted by atomic mass is 16.7. The second-order valence-corrected chi connectivity index (χ2v) is 8.48. The van der Waals surface area contributed by atoms with Crippen molar-refractivity contribution in [1.29, 1.82) is 0 Å². The average molecular weight is 374 g/mol. The number of nitrogens with two attached hydrogens (primary N) is 1. The maximum absolute atomic E-state index is 13.0. The third-order valence-electron chi connectivity index (χ3n) is 6.61. The number of rotatable bonds is 4. The highest BCUT2D eigenvalue weighted by Crippen LogP contribution is 2.41. The van der Waals surface area contributed by atoms with Crippen molar-refractivity contribution >= 4 is 5.91 Å². The van der Waals surface area contributed by atoms with Crippen molar-refractivity contribution in [3.8, 4) is 11.5 Å². The number of carbonyl (C=O) groups excluding carboxylic acids is 1. The predicted octanol–water partition coefficient (Wildman–Crippen LogP) is 2.49. The molecule has 0 radical (unpaired) electrons. The first-order valence-corrected chi connectivity index (χ1v) is 10.0. The molecule has 0 spiro atoms. The van der Waals surface area contributed by atoms with E-state index in [0.717, 1.165) is 50.0 Å². The number of amides is 1. The van der Waals surface area contributed by atoms with Crippen LogP contribution in [0, 0.1) is 5.92 Å². The van der Waals surface area contributed by atoms with Crippen molar-refractivity contribution < 1.29 is 19.0 Å². The molecule has 27 heavy (non-hydrogen) atoms. The SMILES string of the molecule is CC1(N)CCCCC1C(=O)NCC1(c2ccc3c(c2)OCO3)CCOCC1. The van der Waals surface area contributed by atoms with Crippen molar-refractivity contribution in [2.24, 2.45) is 11.7 Å². The normalized spacial score (nSPS) is 29.3. The van der Waals surface area contributed by atoms with E-state index < -0.39 is 5.54 Å². The van der Waals surface area contributed by atoms with Gasteiger partial charge in [-0.05, 0) is 50.3 Å². The van der Waals surface area contributed by atoms with Crippen molar-refractivity contribution in [1.82, 2.24) is 5.32 Å². The molecular formula is C21H30N2O4. The zero-order valence-electron chi connectivity index (χ0n) is 16.1. The fourth-order valence-electron chi connectivity index (χ4n) is 4.72. The van der Waals surface area contributed by atoms with Crippen LogP contribution in [0.1, 0.15) is 51.0 Å². The third-order valence-corrected chi connectivity index (χ3v) is 6.61. The van der Waals surface area contributed by atoms with E-state index in [0.29, 0.717) is 19.8 Å². The Kier molecular flexibility index (Phi) is 5.03. The van der Waals surface area contributed by atoms with Crippen molar-refractivity contribution in [2.75, 3.05) is 26.6 Å². The van der Waals surface area contributed by atoms with Crippen LogP contribution in [-0.2, 0) is 14.9 Å². The zero-order chi connectivity index (χ0) is 18.9. The number of hydrogen-bond acceptors (Lipinski definition) is 5. The Morgan fingerprint density at radius 3 is 2.74 bits per heavy atom. The van der Waals surface area contributed by atoms with Crippen molar-refractivity contribution in [2.45, 2.75) is 56.4 Å². The average Bonchev–Trinajstić information content (AvgIpc) is 3.14. The predicted molar refractivity (Wildman–Crippen MR) is 102 cm³/mol. The van der Waals surface area contributed by atoms with Crippen LogP contribution in [-0.4, -0.2) is 38.0 Å². The minimum Gasteiger partial charge on any atom is -0.454 e. The molecule has 1 aromatic rings. The Hall–Kier alpha value is -1.79. The first-order valence-electron chi connectivity index (χ1n) is 10.0. The molecule has 0 bridgehead atoms. The highest BCUT2D eigenvalue weighted by molar-refractivity contribution is 5.80. The van der Waals surface area contributed by atoms with Crippen LogP contribution in [0.4, 0.5) is 0 Å². The molecule has 3 aliphatic rings. The Morgan fingerprint density at radius 2 is 1.96 bits per heavy atom. The fourth-order valence-corrected chi connectivity index (χ4v) is 4.72. The summed E-state index contributed by atoms with van der Waals surface area (Å²) in [4.78, 5) is 13.0. The molecule has 0 aromatic heterocycles. The summed E-state index contributed by atoms with van der Waals surface area (Å²) in [5.41, 5.74) is 7.04. The van der Waals surface area contributed by atoms with Gasteiger partial charge in [0.2, 0.25) is 12.7 Å². The molecule has 1 saturated carbocycles. The molecule has 2 heterocycles. The lowest BCUT2D eigenvalue weighted by molar-refractivity contribution is -0.128. The maximum atomic E-state index is 13.0. The van der Waals surface area contributed by atoms with E-state index in [1.165, 1.54) is 5.56 Å². The van der Waals surface area contributed by atoms with Gasteiger partial charge in [0.15, 0.2) is 11.5 Å². The van der Waals surface area contributed by atoms with Gasteiger partial charge >= 0.3 is 0 Å². The smallest absolute Gasteiger partial charge is 0.231 e. The summed E-state index contributed by atoms with van der Waals surface area (Å²) in [5.74, 6) is 1.55. The van der Waals surface area contributed by atoms with Gasteiger partial charge < -0.3 is 25.3 Å². The number of hydrogen-bond donors (Lipinski definition) is 2. The van der Waals surface area contributed by atoms with Gasteiger partial charge in [-0.1, -0.05) is 18.9 Å². The first kappa shape index (κ1) is 18.6. The molecule has 2 atom stereocenters. The molecule has 1 aliphatic carbocycles. The van der Waals surface area contributed by atoms with E-state index in [1.54, 1.807) is 0 Å². The molecule has 3 N–H and O–H groups in total. The Balaban J connectivity index is 1.51. The molecule has 6 heteroatoms. The molecule has 2 aliphatic heterocycles. The van der Waals surface area contributed by atoms with Crippen LogP contribution < -0.4 is 20.5 Å². The number of benzene rings is 1. The number of ether oxygens (including phenoxy) is 3. The molecule has 6 nitrogen and oxygen atoms in total. The van der Waals surface area contributed by atoms with Gasteiger partial charge in [-0.15, -0.1) is 0 Å². The van der Waals surface area contributed by atoms with E-state index in [1.807, 2.05) is 13.0 Å². The van der Waals surface area contributed by atoms with Gasteiger partial charge in [-0.2, -0.15) is 0 Å². The lowest BCUT2D eigenvalue weighted by Gasteiger charge is -2.40. The molecular weight excluding hydrogens is 344 g/mol. The topological polar surface area (TPSA) is 82.8 Å². The first-order chi connectivity index (χ1) is 13.0. The quantitative estimate of drug-likeness (QED) is 0.846. The summed E-state index contributed by atoms with van der Waals surface area (Å²) < 4.78 is 16.6. The van der Waals surface area contributed by atoms with Crippen LogP contribution in [0.3, 0.4) is 0 Å². The van der Waals surface area contributed by atoms with Crippen LogP contribution >= 0.6 is 0 Å². The highest BCUT2D eigenvalue weighted by Gasteiger charge is 2.40. The van der Waals surface area contributed by atoms with Gasteiger partial charge in [0.1, 0.15) is 0 Å². The standard InChI is InChI=1S/C21H30N2O4/c1-20(22)7-3-2-4-16(20)19(24)23-13-21(8-10-25-11-9-21)15-5-6-17-18(12-15)27-14-26-17/h5-6,12,16H,2-4,7-11,13-14,22H2,1H3,(H,23,24). The maximum Gasteiger partial charge on any atom is 0.231 e. The summed E-state index contributed by atoms with van der Waals surface area (Å²) >= 11 is 0. The third kappa shape index (κ3) is 3.65. The summed E-state index contributed by atoms with van der Waals surface area (Å²) in [6, 6.07) is 6.13. The second kappa shape index (κ2) is 7.32. The van der Waals surface area contributed by atoms with E-state index in [4.69, 9.17) is 19.9 Å². The van der Waals surface area contributed by atoms with Crippen molar-refractivity contribution in [3.63, 3.8) is 0 Å². The summed E-state index contributed by atoms with van der Waals surface area (Å²) in [6.07, 6.45) is 5.71. The lowest BCUT2D eigenvalue weighted by Crippen LogP contribution is -2.54. The second-order valence-electron chi connectivity index (χ2n) is 8.48. The molecule has 2 fully saturated rings. The molecule has 1 saturated heterocycles. The Labute approximate surface area is 160 Å². The van der Waals surface area contributed by atoms with E-state index in [-0.39, 0.29) is 24.0 Å². The minimum atomic E-state index is -0.413. The zero-order valence-corrected chi connectivity index (χ0v) is 16.1. The van der Waals surface area contributed by atoms with Crippen LogP contribution in [0.5, 0.6) is 11.5 Å². The van der Waals surface area contributed by atoms with E-state index in [2.05, 4.69) is 17.4 Å². The van der Waals surface area contributed by atoms with Gasteiger partial charge in [0, 0.05) is 30.7 Å². The van der Waals surface area contributed by atoms with E-state index >= 15 is 0 Å². The largest absolute Gasteiger partial charge is 0.454 e. The molecule has 2 unspecified atom stereocenters. The molecule has 1 aromatic carbocycles. The number of nitrogens with one attached hydrogen (secondary N) is 1. The summed E-state index contributed by atoms with van der Waals surface area (Å²) in [6.45, 7) is 4.27. The minimum absolute atomic E-state index is 0.0892. The van der Waals surface area contributed by atoms with Gasteiger partial charge in [0.25, 0.3) is 0 Å². The lowest BCUT2D eigenvalue weighted by atomic mass is 9.72. The van der Waals surface area contributed by atoms with E-state index in [9.17, 15) is 4.79 Å². The van der Waals surface area contributed by atoms with Crippen LogP contribution in [0.2, 0.25) is 0 Å². The van der Waals surface area contributed by atoms with Crippen molar-refractivity contribution in [3.05, 3.63) is 23.8 Å². The number of fused-ring (bicyclic) bond motifs is 1. The fraction of sp³-hybridized carbons (Fsp3) is 0.667. The molecule has 4 rings (SSSR count). The molecule has 148 valence electrons. The Morgan fingerprint density at radius 1 is 1.19 bits per heavy atom. The van der Waals surface area contributed by atoms with Crippen LogP contribution in [0.15, 0.2) is 18.2 Å². The summed E-state index contributed by atoms with van der Waals surface area (Å²) in [5, 5.41) is 3.24. The van der Waals surface area contributed by atoms with Gasteiger partial charge in [-0.25, -0.2) is 0 Å². The monoisotopic (exact) mass is 374 g/mol. The number of carbonyl (C=O) groups is 1.